The van der Waals surface area contributed by atoms with Crippen LogP contribution in [-0.2, 0) is 20.6 Å². The summed E-state index contributed by atoms with van der Waals surface area (Å²) in [6.45, 7) is 0.492. The van der Waals surface area contributed by atoms with Crippen LogP contribution in [0.3, 0.4) is 0 Å². The zero-order valence-corrected chi connectivity index (χ0v) is 19.0. The molecule has 7 nitrogen and oxygen atoms in total. The first-order chi connectivity index (χ1) is 15.4. The molecule has 2 heterocycles. The second-order valence-electron chi connectivity index (χ2n) is 7.23. The van der Waals surface area contributed by atoms with Gasteiger partial charge in [-0.3, -0.25) is 18.5 Å². The molecule has 0 atom stereocenters. The number of nitrogens with zero attached hydrogens (tertiary/aromatic N) is 4. The van der Waals surface area contributed by atoms with Gasteiger partial charge in [0.2, 0.25) is 0 Å². The Labute approximate surface area is 193 Å². The molecule has 0 fully saturated rings. The van der Waals surface area contributed by atoms with Gasteiger partial charge in [0, 0.05) is 14.1 Å². The first kappa shape index (κ1) is 21.9. The summed E-state index contributed by atoms with van der Waals surface area (Å²) in [5, 5.41) is 0.842. The van der Waals surface area contributed by atoms with E-state index in [1.54, 1.807) is 23.7 Å². The summed E-state index contributed by atoms with van der Waals surface area (Å²) in [5.41, 5.74) is 1.45. The molecule has 0 spiro atoms. The van der Waals surface area contributed by atoms with Gasteiger partial charge < -0.3 is 4.74 Å². The first-order valence-electron chi connectivity index (χ1n) is 9.81. The highest BCUT2D eigenvalue weighted by atomic mass is 35.5. The highest BCUT2D eigenvalue weighted by Crippen LogP contribution is 2.25. The molecule has 0 bridgehead atoms. The molecule has 164 valence electrons. The van der Waals surface area contributed by atoms with E-state index < -0.39 is 11.2 Å². The number of ether oxygens (including phenoxy) is 1. The highest BCUT2D eigenvalue weighted by molar-refractivity contribution is 6.42. The van der Waals surface area contributed by atoms with Crippen molar-refractivity contribution in [1.82, 2.24) is 18.7 Å². The third kappa shape index (κ3) is 4.22. The maximum Gasteiger partial charge on any atom is 0.332 e. The van der Waals surface area contributed by atoms with E-state index in [-0.39, 0.29) is 30.3 Å². The Morgan fingerprint density at radius 1 is 1.00 bits per heavy atom. The fourth-order valence-electron chi connectivity index (χ4n) is 3.37. The third-order valence-corrected chi connectivity index (χ3v) is 5.80. The molecule has 9 heteroatoms. The van der Waals surface area contributed by atoms with Crippen LogP contribution in [0.5, 0.6) is 6.01 Å². The quantitative estimate of drug-likeness (QED) is 0.428. The second-order valence-corrected chi connectivity index (χ2v) is 8.05. The normalized spacial score (nSPS) is 11.5. The standard InChI is InChI=1S/C23H20Cl2N4O3/c1-27-20-19(21(30)28(2)23(27)31)29(14-16-10-11-17(24)18(25)13-16)22(26-20)32-12-6-9-15-7-4-3-5-8-15/h3-11,13H,12,14H2,1-2H3. The Bertz CT molecular complexity index is 1440. The van der Waals surface area contributed by atoms with Crippen molar-refractivity contribution in [2.24, 2.45) is 14.1 Å². The van der Waals surface area contributed by atoms with E-state index in [2.05, 4.69) is 4.98 Å². The van der Waals surface area contributed by atoms with E-state index in [0.717, 1.165) is 15.7 Å². The minimum Gasteiger partial charge on any atom is -0.460 e. The van der Waals surface area contributed by atoms with Crippen LogP contribution >= 0.6 is 23.2 Å². The van der Waals surface area contributed by atoms with E-state index in [4.69, 9.17) is 27.9 Å². The van der Waals surface area contributed by atoms with Crippen LogP contribution in [0.4, 0.5) is 0 Å². The van der Waals surface area contributed by atoms with E-state index in [1.807, 2.05) is 48.6 Å². The molecule has 4 rings (SSSR count). The Morgan fingerprint density at radius 3 is 2.47 bits per heavy atom. The highest BCUT2D eigenvalue weighted by Gasteiger charge is 2.20. The fourth-order valence-corrected chi connectivity index (χ4v) is 3.70. The minimum atomic E-state index is -0.461. The number of rotatable bonds is 6. The van der Waals surface area contributed by atoms with Crippen LogP contribution in [0.1, 0.15) is 11.1 Å². The smallest absolute Gasteiger partial charge is 0.332 e. The van der Waals surface area contributed by atoms with Crippen LogP contribution in [0.25, 0.3) is 17.2 Å². The molecule has 0 N–H and O–H groups in total. The topological polar surface area (TPSA) is 71.1 Å². The second kappa shape index (κ2) is 9.06. The van der Waals surface area contributed by atoms with Crippen molar-refractivity contribution in [2.75, 3.05) is 6.61 Å². The molecule has 32 heavy (non-hydrogen) atoms. The number of fused-ring (bicyclic) bond motifs is 1. The van der Waals surface area contributed by atoms with E-state index in [1.165, 1.54) is 11.6 Å². The Morgan fingerprint density at radius 2 is 1.75 bits per heavy atom. The molecule has 0 radical (unpaired) electrons. The van der Waals surface area contributed by atoms with Crippen LogP contribution in [0.2, 0.25) is 10.0 Å². The summed E-state index contributed by atoms with van der Waals surface area (Å²) in [6, 6.07) is 15.3. The SMILES string of the molecule is Cn1c(=O)c2c(nc(OCC=Cc3ccccc3)n2Cc2ccc(Cl)c(Cl)c2)n(C)c1=O. The van der Waals surface area contributed by atoms with E-state index in [9.17, 15) is 9.59 Å². The van der Waals surface area contributed by atoms with Crippen molar-refractivity contribution in [1.29, 1.82) is 0 Å². The molecule has 0 aliphatic rings. The molecule has 0 aliphatic carbocycles. The first-order valence-corrected chi connectivity index (χ1v) is 10.6. The summed E-state index contributed by atoms with van der Waals surface area (Å²) < 4.78 is 9.93. The molecule has 0 unspecified atom stereocenters. The molecular formula is C23H20Cl2N4O3. The molecule has 2 aromatic heterocycles. The van der Waals surface area contributed by atoms with Gasteiger partial charge in [0.1, 0.15) is 6.61 Å². The van der Waals surface area contributed by atoms with Gasteiger partial charge in [-0.05, 0) is 29.3 Å². The van der Waals surface area contributed by atoms with Crippen molar-refractivity contribution >= 4 is 40.4 Å². The van der Waals surface area contributed by atoms with Crippen molar-refractivity contribution in [3.8, 4) is 6.01 Å². The average Bonchev–Trinajstić information content (AvgIpc) is 3.15. The zero-order chi connectivity index (χ0) is 22.8. The maximum absolute atomic E-state index is 12.9. The minimum absolute atomic E-state index is 0.224. The predicted octanol–water partition coefficient (Wildman–Crippen LogP) is 3.88. The molecular weight excluding hydrogens is 451 g/mol. The van der Waals surface area contributed by atoms with Crippen LogP contribution in [0.15, 0.2) is 64.2 Å². The summed E-state index contributed by atoms with van der Waals surface area (Å²) in [4.78, 5) is 29.8. The number of hydrogen-bond acceptors (Lipinski definition) is 4. The van der Waals surface area contributed by atoms with Crippen molar-refractivity contribution in [3.63, 3.8) is 0 Å². The van der Waals surface area contributed by atoms with Gasteiger partial charge in [-0.1, -0.05) is 65.7 Å². The number of imidazole rings is 1. The number of halogens is 2. The number of aromatic nitrogens is 4. The lowest BCUT2D eigenvalue weighted by Crippen LogP contribution is -2.37. The van der Waals surface area contributed by atoms with Gasteiger partial charge in [0.05, 0.1) is 16.6 Å². The summed E-state index contributed by atoms with van der Waals surface area (Å²) >= 11 is 12.2. The number of benzene rings is 2. The Kier molecular flexibility index (Phi) is 6.21. The predicted molar refractivity (Wildman–Crippen MR) is 127 cm³/mol. The largest absolute Gasteiger partial charge is 0.460 e. The zero-order valence-electron chi connectivity index (χ0n) is 17.5. The van der Waals surface area contributed by atoms with Gasteiger partial charge in [0.25, 0.3) is 11.6 Å². The monoisotopic (exact) mass is 470 g/mol. The lowest BCUT2D eigenvalue weighted by atomic mass is 10.2. The fraction of sp³-hybridized carbons (Fsp3) is 0.174. The van der Waals surface area contributed by atoms with Crippen LogP contribution in [-0.4, -0.2) is 25.3 Å². The van der Waals surface area contributed by atoms with Gasteiger partial charge in [-0.25, -0.2) is 4.79 Å². The molecule has 4 aromatic rings. The van der Waals surface area contributed by atoms with Crippen LogP contribution in [0, 0.1) is 0 Å². The number of aryl methyl sites for hydroxylation is 1. The van der Waals surface area contributed by atoms with Crippen molar-refractivity contribution in [3.05, 3.63) is 96.6 Å². The van der Waals surface area contributed by atoms with Crippen molar-refractivity contribution < 1.29 is 4.74 Å². The van der Waals surface area contributed by atoms with Gasteiger partial charge >= 0.3 is 5.69 Å². The Hall–Kier alpha value is -3.29. The molecule has 0 saturated heterocycles. The number of hydrogen-bond donors (Lipinski definition) is 0. The van der Waals surface area contributed by atoms with Gasteiger partial charge in [-0.2, -0.15) is 4.98 Å². The Balaban J connectivity index is 1.75. The summed E-state index contributed by atoms with van der Waals surface area (Å²) in [6.07, 6.45) is 3.79. The maximum atomic E-state index is 12.9. The van der Waals surface area contributed by atoms with E-state index >= 15 is 0 Å². The molecule has 0 amide bonds. The molecule has 0 aliphatic heterocycles. The van der Waals surface area contributed by atoms with E-state index in [0.29, 0.717) is 10.0 Å². The summed E-state index contributed by atoms with van der Waals surface area (Å²) in [7, 11) is 3.00. The van der Waals surface area contributed by atoms with Gasteiger partial charge in [0.15, 0.2) is 11.2 Å². The summed E-state index contributed by atoms with van der Waals surface area (Å²) in [5.74, 6) is 0. The molecule has 2 aromatic carbocycles. The lowest BCUT2D eigenvalue weighted by Gasteiger charge is -2.10. The lowest BCUT2D eigenvalue weighted by molar-refractivity contribution is 0.320. The van der Waals surface area contributed by atoms with Crippen molar-refractivity contribution in [2.45, 2.75) is 6.54 Å². The van der Waals surface area contributed by atoms with Gasteiger partial charge in [-0.15, -0.1) is 0 Å². The molecule has 0 saturated carbocycles. The third-order valence-electron chi connectivity index (χ3n) is 5.06. The average molecular weight is 471 g/mol. The van der Waals surface area contributed by atoms with Crippen LogP contribution < -0.4 is 16.0 Å².